The van der Waals surface area contributed by atoms with Crippen LogP contribution in [0.3, 0.4) is 0 Å². The minimum absolute atomic E-state index is 0.0696. The molecule has 1 unspecified atom stereocenters. The molecule has 1 heterocycles. The summed E-state index contributed by atoms with van der Waals surface area (Å²) in [6.07, 6.45) is 2.22. The molecule has 1 aromatic rings. The Morgan fingerprint density at radius 3 is 2.61 bits per heavy atom. The number of amides is 1. The lowest BCUT2D eigenvalue weighted by molar-refractivity contribution is 0.0498. The van der Waals surface area contributed by atoms with Gasteiger partial charge in [0.1, 0.15) is 10.6 Å². The number of rotatable bonds is 4. The van der Waals surface area contributed by atoms with E-state index in [9.17, 15) is 4.79 Å². The van der Waals surface area contributed by atoms with Gasteiger partial charge in [0.2, 0.25) is 0 Å². The molecule has 0 aliphatic rings. The third kappa shape index (κ3) is 5.49. The highest BCUT2D eigenvalue weighted by atomic mass is 32.1. The van der Waals surface area contributed by atoms with Crippen LogP contribution in [0.2, 0.25) is 0 Å². The maximum atomic E-state index is 11.8. The Morgan fingerprint density at radius 2 is 2.17 bits per heavy atom. The Hall–Kier alpha value is -1.10. The molecule has 18 heavy (non-hydrogen) atoms. The fraction of sp³-hybridized carbons (Fsp3) is 0.692. The number of thiazole rings is 1. The highest BCUT2D eigenvalue weighted by molar-refractivity contribution is 7.09. The summed E-state index contributed by atoms with van der Waals surface area (Å²) in [4.78, 5) is 16.1. The minimum atomic E-state index is -0.477. The lowest BCUT2D eigenvalue weighted by atomic mass is 10.0. The van der Waals surface area contributed by atoms with Crippen molar-refractivity contribution in [1.29, 1.82) is 0 Å². The SMILES string of the molecule is CC(C)CC(NC(=O)OC(C)(C)C)c1nccs1. The number of nitrogens with zero attached hydrogens (tertiary/aromatic N) is 1. The van der Waals surface area contributed by atoms with Gasteiger partial charge in [-0.25, -0.2) is 9.78 Å². The van der Waals surface area contributed by atoms with Gasteiger partial charge in [0.25, 0.3) is 0 Å². The van der Waals surface area contributed by atoms with Crippen LogP contribution in [0.1, 0.15) is 52.1 Å². The smallest absolute Gasteiger partial charge is 0.408 e. The van der Waals surface area contributed by atoms with E-state index in [1.807, 2.05) is 26.2 Å². The van der Waals surface area contributed by atoms with Gasteiger partial charge in [-0.2, -0.15) is 0 Å². The van der Waals surface area contributed by atoms with E-state index >= 15 is 0 Å². The van der Waals surface area contributed by atoms with Gasteiger partial charge in [0.15, 0.2) is 0 Å². The van der Waals surface area contributed by atoms with Crippen molar-refractivity contribution in [2.75, 3.05) is 0 Å². The zero-order chi connectivity index (χ0) is 13.8. The average molecular weight is 270 g/mol. The molecule has 0 aromatic carbocycles. The molecule has 0 saturated carbocycles. The molecule has 0 bridgehead atoms. The summed E-state index contributed by atoms with van der Waals surface area (Å²) in [6, 6.07) is -0.0696. The summed E-state index contributed by atoms with van der Waals surface area (Å²) >= 11 is 1.55. The van der Waals surface area contributed by atoms with Crippen molar-refractivity contribution >= 4 is 17.4 Å². The molecule has 0 aliphatic carbocycles. The lowest BCUT2D eigenvalue weighted by Gasteiger charge is -2.23. The lowest BCUT2D eigenvalue weighted by Crippen LogP contribution is -2.35. The summed E-state index contributed by atoms with van der Waals surface area (Å²) in [5, 5.41) is 5.74. The fourth-order valence-electron chi connectivity index (χ4n) is 1.55. The molecule has 0 aliphatic heterocycles. The first-order valence-electron chi connectivity index (χ1n) is 6.17. The molecule has 1 amide bonds. The standard InChI is InChI=1S/C13H22N2O2S/c1-9(2)8-10(11-14-6-7-18-11)15-12(16)17-13(3,4)5/h6-7,9-10H,8H2,1-5H3,(H,15,16). The predicted octanol–water partition coefficient (Wildman–Crippen LogP) is 3.76. The fourth-order valence-corrected chi connectivity index (χ4v) is 2.25. The first-order chi connectivity index (χ1) is 8.28. The van der Waals surface area contributed by atoms with Crippen molar-refractivity contribution in [3.8, 4) is 0 Å². The molecule has 102 valence electrons. The van der Waals surface area contributed by atoms with Gasteiger partial charge in [-0.1, -0.05) is 13.8 Å². The number of hydrogen-bond acceptors (Lipinski definition) is 4. The van der Waals surface area contributed by atoms with E-state index in [2.05, 4.69) is 24.1 Å². The highest BCUT2D eigenvalue weighted by Crippen LogP contribution is 2.23. The summed E-state index contributed by atoms with van der Waals surface area (Å²) < 4.78 is 5.27. The molecular weight excluding hydrogens is 248 g/mol. The molecule has 1 atom stereocenters. The Morgan fingerprint density at radius 1 is 1.50 bits per heavy atom. The number of alkyl carbamates (subject to hydrolysis) is 1. The molecule has 0 radical (unpaired) electrons. The average Bonchev–Trinajstić information content (AvgIpc) is 2.64. The van der Waals surface area contributed by atoms with Gasteiger partial charge in [-0.15, -0.1) is 11.3 Å². The summed E-state index contributed by atoms with van der Waals surface area (Å²) in [6.45, 7) is 9.81. The van der Waals surface area contributed by atoms with E-state index in [4.69, 9.17) is 4.74 Å². The van der Waals surface area contributed by atoms with Crippen molar-refractivity contribution < 1.29 is 9.53 Å². The second-order valence-electron chi connectivity index (χ2n) is 5.70. The molecular formula is C13H22N2O2S. The van der Waals surface area contributed by atoms with Crippen LogP contribution in [0.5, 0.6) is 0 Å². The number of carbonyl (C=O) groups excluding carboxylic acids is 1. The minimum Gasteiger partial charge on any atom is -0.444 e. The number of nitrogens with one attached hydrogen (secondary N) is 1. The highest BCUT2D eigenvalue weighted by Gasteiger charge is 2.22. The maximum absolute atomic E-state index is 11.8. The number of ether oxygens (including phenoxy) is 1. The summed E-state index contributed by atoms with van der Waals surface area (Å²) in [5.41, 5.74) is -0.477. The van der Waals surface area contributed by atoms with E-state index in [0.717, 1.165) is 11.4 Å². The first kappa shape index (κ1) is 15.0. The number of hydrogen-bond donors (Lipinski definition) is 1. The topological polar surface area (TPSA) is 51.2 Å². The molecule has 1 N–H and O–H groups in total. The van der Waals surface area contributed by atoms with Gasteiger partial charge in [0, 0.05) is 11.6 Å². The largest absolute Gasteiger partial charge is 0.444 e. The Kier molecular flexibility index (Phi) is 5.14. The molecule has 0 spiro atoms. The zero-order valence-corrected chi connectivity index (χ0v) is 12.5. The number of carbonyl (C=O) groups is 1. The van der Waals surface area contributed by atoms with Crippen LogP contribution < -0.4 is 5.32 Å². The Labute approximate surface area is 113 Å². The van der Waals surface area contributed by atoms with Crippen LogP contribution in [-0.4, -0.2) is 16.7 Å². The van der Waals surface area contributed by atoms with Crippen LogP contribution in [-0.2, 0) is 4.74 Å². The molecule has 5 heteroatoms. The Balaban J connectivity index is 2.65. The predicted molar refractivity (Wildman–Crippen MR) is 73.7 cm³/mol. The second-order valence-corrected chi connectivity index (χ2v) is 6.62. The van der Waals surface area contributed by atoms with Crippen molar-refractivity contribution in [3.05, 3.63) is 16.6 Å². The van der Waals surface area contributed by atoms with Gasteiger partial charge in [-0.05, 0) is 33.1 Å². The van der Waals surface area contributed by atoms with Crippen LogP contribution in [0.15, 0.2) is 11.6 Å². The molecule has 1 rings (SSSR count). The van der Waals surface area contributed by atoms with E-state index in [1.165, 1.54) is 0 Å². The van der Waals surface area contributed by atoms with Crippen LogP contribution in [0.25, 0.3) is 0 Å². The second kappa shape index (κ2) is 6.18. The number of aromatic nitrogens is 1. The van der Waals surface area contributed by atoms with Crippen molar-refractivity contribution in [2.45, 2.75) is 52.7 Å². The molecule has 0 saturated heterocycles. The monoisotopic (exact) mass is 270 g/mol. The molecule has 4 nitrogen and oxygen atoms in total. The zero-order valence-electron chi connectivity index (χ0n) is 11.7. The van der Waals surface area contributed by atoms with Crippen molar-refractivity contribution in [1.82, 2.24) is 10.3 Å². The van der Waals surface area contributed by atoms with Crippen LogP contribution >= 0.6 is 11.3 Å². The summed E-state index contributed by atoms with van der Waals surface area (Å²) in [7, 11) is 0. The van der Waals surface area contributed by atoms with Gasteiger partial charge in [-0.3, -0.25) is 0 Å². The van der Waals surface area contributed by atoms with Gasteiger partial charge >= 0.3 is 6.09 Å². The van der Waals surface area contributed by atoms with Crippen LogP contribution in [0, 0.1) is 5.92 Å². The first-order valence-corrected chi connectivity index (χ1v) is 7.05. The van der Waals surface area contributed by atoms with Crippen molar-refractivity contribution in [2.24, 2.45) is 5.92 Å². The maximum Gasteiger partial charge on any atom is 0.408 e. The molecule has 1 aromatic heterocycles. The van der Waals surface area contributed by atoms with Crippen molar-refractivity contribution in [3.63, 3.8) is 0 Å². The van der Waals surface area contributed by atoms with E-state index in [1.54, 1.807) is 17.5 Å². The summed E-state index contributed by atoms with van der Waals surface area (Å²) in [5.74, 6) is 0.480. The normalized spacial score (nSPS) is 13.4. The van der Waals surface area contributed by atoms with Gasteiger partial charge < -0.3 is 10.1 Å². The van der Waals surface area contributed by atoms with E-state index in [0.29, 0.717) is 5.92 Å². The third-order valence-corrected chi connectivity index (χ3v) is 3.04. The van der Waals surface area contributed by atoms with Gasteiger partial charge in [0.05, 0.1) is 6.04 Å². The molecule has 0 fully saturated rings. The van der Waals surface area contributed by atoms with E-state index < -0.39 is 5.60 Å². The Bertz CT molecular complexity index is 369. The quantitative estimate of drug-likeness (QED) is 0.906. The third-order valence-electron chi connectivity index (χ3n) is 2.15. The van der Waals surface area contributed by atoms with Crippen LogP contribution in [0.4, 0.5) is 4.79 Å². The van der Waals surface area contributed by atoms with E-state index in [-0.39, 0.29) is 12.1 Å².